The first kappa shape index (κ1) is 7.42. The van der Waals surface area contributed by atoms with E-state index < -0.39 is 0 Å². The van der Waals surface area contributed by atoms with E-state index in [2.05, 4.69) is 14.9 Å². The van der Waals surface area contributed by atoms with Crippen LogP contribution in [0, 0.1) is 0 Å². The minimum absolute atomic E-state index is 0.699. The number of rotatable bonds is 1. The van der Waals surface area contributed by atoms with Gasteiger partial charge in [0, 0.05) is 10.6 Å². The number of nitrogens with two attached hydrogens (primary N) is 1. The van der Waals surface area contributed by atoms with Crippen molar-refractivity contribution in [1.82, 2.24) is 10.3 Å². The summed E-state index contributed by atoms with van der Waals surface area (Å²) in [6.07, 6.45) is 1.96. The summed E-state index contributed by atoms with van der Waals surface area (Å²) in [7, 11) is 0. The zero-order valence-electron chi connectivity index (χ0n) is 6.44. The molecular weight excluding hydrogens is 174 g/mol. The van der Waals surface area contributed by atoms with Crippen molar-refractivity contribution in [2.75, 3.05) is 12.0 Å². The van der Waals surface area contributed by atoms with Crippen LogP contribution in [0.15, 0.2) is 21.7 Å². The molecule has 1 aromatic heterocycles. The molecule has 0 unspecified atom stereocenters. The molecule has 0 aliphatic carbocycles. The van der Waals surface area contributed by atoms with Crippen molar-refractivity contribution >= 4 is 28.5 Å². The Morgan fingerprint density at radius 2 is 2.00 bits per heavy atom. The van der Waals surface area contributed by atoms with Gasteiger partial charge in [-0.2, -0.15) is 0 Å². The Morgan fingerprint density at radius 1 is 1.33 bits per heavy atom. The van der Waals surface area contributed by atoms with Crippen LogP contribution in [0.25, 0.3) is 11.0 Å². The largest absolute Gasteiger partial charge is 0.398 e. The summed E-state index contributed by atoms with van der Waals surface area (Å²) in [6.45, 7) is 0. The maximum Gasteiger partial charge on any atom is 0.137 e. The molecule has 2 N–H and O–H groups in total. The molecule has 1 heterocycles. The standard InChI is InChI=1S/C7H7N3OS/c1-12-7-3-6-5(2-4(7)8)9-11-10-6/h2-3H,8H2,1H3. The molecule has 0 amide bonds. The molecule has 12 heavy (non-hydrogen) atoms. The molecule has 0 aliphatic heterocycles. The van der Waals surface area contributed by atoms with Crippen molar-refractivity contribution in [2.45, 2.75) is 4.90 Å². The van der Waals surface area contributed by atoms with Crippen molar-refractivity contribution < 1.29 is 4.63 Å². The SMILES string of the molecule is CSc1cc2nonc2cc1N. The van der Waals surface area contributed by atoms with Crippen molar-refractivity contribution in [3.8, 4) is 0 Å². The number of aromatic nitrogens is 2. The molecule has 0 aliphatic rings. The first-order valence-corrected chi connectivity index (χ1v) is 4.59. The van der Waals surface area contributed by atoms with Crippen LogP contribution >= 0.6 is 11.8 Å². The van der Waals surface area contributed by atoms with Crippen molar-refractivity contribution in [1.29, 1.82) is 0 Å². The molecule has 1 aromatic carbocycles. The summed E-state index contributed by atoms with van der Waals surface area (Å²) in [5.41, 5.74) is 7.88. The third-order valence-corrected chi connectivity index (χ3v) is 2.40. The van der Waals surface area contributed by atoms with Crippen molar-refractivity contribution in [3.63, 3.8) is 0 Å². The van der Waals surface area contributed by atoms with Gasteiger partial charge in [-0.15, -0.1) is 11.8 Å². The van der Waals surface area contributed by atoms with Crippen molar-refractivity contribution in [3.05, 3.63) is 12.1 Å². The molecule has 0 saturated carbocycles. The van der Waals surface area contributed by atoms with E-state index in [1.165, 1.54) is 0 Å². The first-order chi connectivity index (χ1) is 5.81. The van der Waals surface area contributed by atoms with Crippen LogP contribution in [0.3, 0.4) is 0 Å². The lowest BCUT2D eigenvalue weighted by atomic mass is 10.3. The zero-order chi connectivity index (χ0) is 8.55. The Hall–Kier alpha value is -1.23. The maximum atomic E-state index is 5.73. The highest BCUT2D eigenvalue weighted by atomic mass is 32.2. The van der Waals surface area contributed by atoms with Crippen LogP contribution in [0.2, 0.25) is 0 Å². The molecule has 5 heteroatoms. The monoisotopic (exact) mass is 181 g/mol. The van der Waals surface area contributed by atoms with E-state index in [-0.39, 0.29) is 0 Å². The number of thioether (sulfide) groups is 1. The highest BCUT2D eigenvalue weighted by Gasteiger charge is 2.04. The highest BCUT2D eigenvalue weighted by Crippen LogP contribution is 2.26. The molecule has 2 rings (SSSR count). The number of anilines is 1. The van der Waals surface area contributed by atoms with Crippen LogP contribution in [-0.2, 0) is 0 Å². The van der Waals surface area contributed by atoms with E-state index in [1.54, 1.807) is 17.8 Å². The summed E-state index contributed by atoms with van der Waals surface area (Å²) in [4.78, 5) is 0.998. The topological polar surface area (TPSA) is 64.9 Å². The second-order valence-corrected chi connectivity index (χ2v) is 3.20. The molecule has 4 nitrogen and oxygen atoms in total. The lowest BCUT2D eigenvalue weighted by molar-refractivity contribution is 0.315. The molecular formula is C7H7N3OS. The Morgan fingerprint density at radius 3 is 2.67 bits per heavy atom. The third-order valence-electron chi connectivity index (χ3n) is 1.61. The summed E-state index contributed by atoms with van der Waals surface area (Å²) in [6, 6.07) is 3.63. The molecule has 0 radical (unpaired) electrons. The zero-order valence-corrected chi connectivity index (χ0v) is 7.26. The maximum absolute atomic E-state index is 5.73. The number of nitrogens with zero attached hydrogens (tertiary/aromatic N) is 2. The number of fused-ring (bicyclic) bond motifs is 1. The van der Waals surface area contributed by atoms with E-state index in [9.17, 15) is 0 Å². The van der Waals surface area contributed by atoms with Crippen LogP contribution in [0.5, 0.6) is 0 Å². The highest BCUT2D eigenvalue weighted by molar-refractivity contribution is 7.98. The first-order valence-electron chi connectivity index (χ1n) is 3.37. The fourth-order valence-electron chi connectivity index (χ4n) is 1.01. The van der Waals surface area contributed by atoms with E-state index in [1.807, 2.05) is 12.3 Å². The molecule has 0 atom stereocenters. The van der Waals surface area contributed by atoms with Crippen LogP contribution < -0.4 is 5.73 Å². The van der Waals surface area contributed by atoms with Gasteiger partial charge >= 0.3 is 0 Å². The lowest BCUT2D eigenvalue weighted by Crippen LogP contribution is -1.87. The van der Waals surface area contributed by atoms with E-state index >= 15 is 0 Å². The van der Waals surface area contributed by atoms with Gasteiger partial charge in [0.15, 0.2) is 0 Å². The third kappa shape index (κ3) is 1.02. The molecule has 0 fully saturated rings. The molecule has 62 valence electrons. The average molecular weight is 181 g/mol. The lowest BCUT2D eigenvalue weighted by Gasteiger charge is -1.98. The Balaban J connectivity index is 2.73. The smallest absolute Gasteiger partial charge is 0.137 e. The Bertz CT molecular complexity index is 412. The van der Waals surface area contributed by atoms with Gasteiger partial charge in [-0.3, -0.25) is 0 Å². The van der Waals surface area contributed by atoms with Crippen molar-refractivity contribution in [2.24, 2.45) is 0 Å². The summed E-state index contributed by atoms with van der Waals surface area (Å²) in [5, 5.41) is 7.39. The second-order valence-electron chi connectivity index (χ2n) is 2.35. The fraction of sp³-hybridized carbons (Fsp3) is 0.143. The average Bonchev–Trinajstić information content (AvgIpc) is 2.49. The van der Waals surface area contributed by atoms with Gasteiger partial charge in [0.25, 0.3) is 0 Å². The van der Waals surface area contributed by atoms with E-state index in [0.29, 0.717) is 11.2 Å². The normalized spacial score (nSPS) is 10.8. The van der Waals surface area contributed by atoms with Gasteiger partial charge in [0.05, 0.1) is 0 Å². The van der Waals surface area contributed by atoms with Crippen LogP contribution in [-0.4, -0.2) is 16.6 Å². The Kier molecular flexibility index (Phi) is 1.65. The quantitative estimate of drug-likeness (QED) is 0.533. The molecule has 0 saturated heterocycles. The molecule has 2 aromatic rings. The summed E-state index contributed by atoms with van der Waals surface area (Å²) < 4.78 is 4.55. The minimum atomic E-state index is 0.699. The van der Waals surface area contributed by atoms with Gasteiger partial charge in [0.1, 0.15) is 11.0 Å². The summed E-state index contributed by atoms with van der Waals surface area (Å²) >= 11 is 1.58. The van der Waals surface area contributed by atoms with Gasteiger partial charge in [-0.25, -0.2) is 4.63 Å². The molecule has 0 bridgehead atoms. The minimum Gasteiger partial charge on any atom is -0.398 e. The van der Waals surface area contributed by atoms with Crippen LogP contribution in [0.1, 0.15) is 0 Å². The fourth-order valence-corrected chi connectivity index (χ4v) is 1.53. The number of nitrogen functional groups attached to an aromatic ring is 1. The van der Waals surface area contributed by atoms with Crippen LogP contribution in [0.4, 0.5) is 5.69 Å². The molecule has 0 spiro atoms. The number of benzene rings is 1. The number of hydrogen-bond acceptors (Lipinski definition) is 5. The predicted molar refractivity (Wildman–Crippen MR) is 48.0 cm³/mol. The second kappa shape index (κ2) is 2.67. The van der Waals surface area contributed by atoms with Gasteiger partial charge in [0.2, 0.25) is 0 Å². The van der Waals surface area contributed by atoms with E-state index in [0.717, 1.165) is 10.4 Å². The number of hydrogen-bond donors (Lipinski definition) is 1. The van der Waals surface area contributed by atoms with Gasteiger partial charge in [-0.05, 0) is 28.7 Å². The van der Waals surface area contributed by atoms with Gasteiger partial charge < -0.3 is 5.73 Å². The van der Waals surface area contributed by atoms with Gasteiger partial charge in [-0.1, -0.05) is 0 Å². The Labute approximate surface area is 73.1 Å². The summed E-state index contributed by atoms with van der Waals surface area (Å²) in [5.74, 6) is 0. The van der Waals surface area contributed by atoms with E-state index in [4.69, 9.17) is 5.73 Å². The predicted octanol–water partition coefficient (Wildman–Crippen LogP) is 1.53.